The summed E-state index contributed by atoms with van der Waals surface area (Å²) in [4.78, 5) is 2.06. The topological polar surface area (TPSA) is 90.4 Å². The lowest BCUT2D eigenvalue weighted by molar-refractivity contribution is 0.371. The zero-order chi connectivity index (χ0) is 12.3. The molecule has 0 aromatic carbocycles. The van der Waals surface area contributed by atoms with E-state index in [1.165, 1.54) is 0 Å². The van der Waals surface area contributed by atoms with Crippen LogP contribution >= 0.6 is 0 Å². The lowest BCUT2D eigenvalue weighted by Crippen LogP contribution is -2.20. The van der Waals surface area contributed by atoms with Crippen molar-refractivity contribution in [2.75, 3.05) is 20.6 Å². The molecule has 2 aromatic heterocycles. The Bertz CT molecular complexity index is 471. The van der Waals surface area contributed by atoms with E-state index in [4.69, 9.17) is 0 Å². The van der Waals surface area contributed by atoms with Gasteiger partial charge in [0.1, 0.15) is 0 Å². The molecule has 9 nitrogen and oxygen atoms in total. The minimum absolute atomic E-state index is 0.594. The van der Waals surface area contributed by atoms with E-state index in [2.05, 4.69) is 36.0 Å². The van der Waals surface area contributed by atoms with Crippen molar-refractivity contribution in [2.24, 2.45) is 0 Å². The molecule has 0 aliphatic rings. The van der Waals surface area contributed by atoms with Crippen molar-refractivity contribution in [1.82, 2.24) is 45.3 Å². The summed E-state index contributed by atoms with van der Waals surface area (Å²) >= 11 is 0. The van der Waals surface area contributed by atoms with Gasteiger partial charge < -0.3 is 4.90 Å². The third kappa shape index (κ3) is 2.44. The molecule has 0 spiro atoms. The maximum atomic E-state index is 3.97. The van der Waals surface area contributed by atoms with Crippen LogP contribution in [0.1, 0.15) is 6.92 Å². The minimum Gasteiger partial charge on any atom is -0.308 e. The molecule has 92 valence electrons. The molecular formula is C8H15N9. The van der Waals surface area contributed by atoms with Crippen LogP contribution in [0.25, 0.3) is 11.6 Å². The molecule has 0 saturated carbocycles. The lowest BCUT2D eigenvalue weighted by Gasteiger charge is -2.09. The van der Waals surface area contributed by atoms with Crippen LogP contribution in [-0.4, -0.2) is 66.0 Å². The van der Waals surface area contributed by atoms with E-state index in [0.29, 0.717) is 24.7 Å². The van der Waals surface area contributed by atoms with Gasteiger partial charge in [0.15, 0.2) is 0 Å². The highest BCUT2D eigenvalue weighted by Gasteiger charge is 2.15. The SMILES string of the molecule is CCn1nnnc1-c1nnnn1CCN(C)C. The van der Waals surface area contributed by atoms with Gasteiger partial charge >= 0.3 is 0 Å². The molecule has 2 aromatic rings. The van der Waals surface area contributed by atoms with Crippen LogP contribution in [0.5, 0.6) is 0 Å². The van der Waals surface area contributed by atoms with Crippen molar-refractivity contribution >= 4 is 0 Å². The number of hydrogen-bond donors (Lipinski definition) is 0. The van der Waals surface area contributed by atoms with Gasteiger partial charge in [-0.25, -0.2) is 9.36 Å². The van der Waals surface area contributed by atoms with Crippen molar-refractivity contribution in [2.45, 2.75) is 20.0 Å². The van der Waals surface area contributed by atoms with E-state index in [0.717, 1.165) is 6.54 Å². The zero-order valence-corrected chi connectivity index (χ0v) is 10.1. The van der Waals surface area contributed by atoms with Gasteiger partial charge in [-0.15, -0.1) is 10.2 Å². The number of hydrogen-bond acceptors (Lipinski definition) is 7. The van der Waals surface area contributed by atoms with Crippen molar-refractivity contribution < 1.29 is 0 Å². The van der Waals surface area contributed by atoms with Crippen LogP contribution in [-0.2, 0) is 13.1 Å². The molecule has 0 radical (unpaired) electrons. The molecule has 0 amide bonds. The Morgan fingerprint density at radius 2 is 1.59 bits per heavy atom. The second kappa shape index (κ2) is 4.95. The van der Waals surface area contributed by atoms with Gasteiger partial charge in [-0.1, -0.05) is 0 Å². The average molecular weight is 237 g/mol. The largest absolute Gasteiger partial charge is 0.308 e. The zero-order valence-electron chi connectivity index (χ0n) is 10.1. The summed E-state index contributed by atoms with van der Waals surface area (Å²) in [6.45, 7) is 4.20. The maximum absolute atomic E-state index is 3.97. The monoisotopic (exact) mass is 237 g/mol. The summed E-state index contributed by atoms with van der Waals surface area (Å²) in [5.41, 5.74) is 0. The average Bonchev–Trinajstić information content (AvgIpc) is 2.93. The van der Waals surface area contributed by atoms with Gasteiger partial charge in [-0.3, -0.25) is 0 Å². The molecule has 0 bridgehead atoms. The number of likely N-dealkylation sites (N-methyl/N-ethyl adjacent to an activating group) is 1. The van der Waals surface area contributed by atoms with Crippen LogP contribution in [0.3, 0.4) is 0 Å². The Labute approximate surface area is 98.4 Å². The van der Waals surface area contributed by atoms with Crippen LogP contribution in [0.15, 0.2) is 0 Å². The molecule has 0 aliphatic heterocycles. The highest BCUT2D eigenvalue weighted by atomic mass is 15.6. The Kier molecular flexibility index (Phi) is 3.38. The second-order valence-corrected chi connectivity index (χ2v) is 3.85. The first-order valence-corrected chi connectivity index (χ1v) is 5.39. The first kappa shape index (κ1) is 11.6. The fourth-order valence-corrected chi connectivity index (χ4v) is 1.39. The first-order chi connectivity index (χ1) is 8.22. The van der Waals surface area contributed by atoms with Crippen LogP contribution in [0, 0.1) is 0 Å². The summed E-state index contributed by atoms with van der Waals surface area (Å²) in [6, 6.07) is 0. The molecule has 0 saturated heterocycles. The summed E-state index contributed by atoms with van der Waals surface area (Å²) in [6.07, 6.45) is 0. The Hall–Kier alpha value is -1.90. The van der Waals surface area contributed by atoms with Gasteiger partial charge in [0, 0.05) is 13.1 Å². The summed E-state index contributed by atoms with van der Waals surface area (Å²) in [5.74, 6) is 1.19. The fraction of sp³-hybridized carbons (Fsp3) is 0.750. The lowest BCUT2D eigenvalue weighted by atomic mass is 10.5. The highest BCUT2D eigenvalue weighted by molar-refractivity contribution is 5.40. The van der Waals surface area contributed by atoms with Gasteiger partial charge in [-0.05, 0) is 41.9 Å². The quantitative estimate of drug-likeness (QED) is 0.652. The third-order valence-electron chi connectivity index (χ3n) is 2.32. The van der Waals surface area contributed by atoms with Crippen molar-refractivity contribution in [1.29, 1.82) is 0 Å². The van der Waals surface area contributed by atoms with Crippen molar-refractivity contribution in [3.63, 3.8) is 0 Å². The molecule has 0 fully saturated rings. The molecule has 0 atom stereocenters. The number of tetrazole rings is 2. The second-order valence-electron chi connectivity index (χ2n) is 3.85. The van der Waals surface area contributed by atoms with Gasteiger partial charge in [-0.2, -0.15) is 0 Å². The maximum Gasteiger partial charge on any atom is 0.221 e. The molecule has 9 heteroatoms. The Morgan fingerprint density at radius 1 is 1.00 bits per heavy atom. The van der Waals surface area contributed by atoms with E-state index < -0.39 is 0 Å². The van der Waals surface area contributed by atoms with Gasteiger partial charge in [0.05, 0.1) is 6.54 Å². The molecule has 0 unspecified atom stereocenters. The van der Waals surface area contributed by atoms with Gasteiger partial charge in [0.2, 0.25) is 11.6 Å². The minimum atomic E-state index is 0.594. The van der Waals surface area contributed by atoms with Crippen molar-refractivity contribution in [3.8, 4) is 11.6 Å². The van der Waals surface area contributed by atoms with E-state index >= 15 is 0 Å². The number of rotatable bonds is 5. The van der Waals surface area contributed by atoms with Crippen molar-refractivity contribution in [3.05, 3.63) is 0 Å². The number of nitrogens with zero attached hydrogens (tertiary/aromatic N) is 9. The van der Waals surface area contributed by atoms with Crippen LogP contribution in [0.4, 0.5) is 0 Å². The van der Waals surface area contributed by atoms with Crippen LogP contribution < -0.4 is 0 Å². The smallest absolute Gasteiger partial charge is 0.221 e. The molecule has 2 heterocycles. The normalized spacial score (nSPS) is 11.3. The van der Waals surface area contributed by atoms with E-state index in [1.807, 2.05) is 21.0 Å². The van der Waals surface area contributed by atoms with Gasteiger partial charge in [0.25, 0.3) is 0 Å². The standard InChI is InChI=1S/C8H15N9/c1-4-16-7(9-11-13-16)8-10-12-14-17(8)6-5-15(2)3/h4-6H2,1-3H3. The first-order valence-electron chi connectivity index (χ1n) is 5.39. The highest BCUT2D eigenvalue weighted by Crippen LogP contribution is 2.10. The van der Waals surface area contributed by atoms with Crippen LogP contribution in [0.2, 0.25) is 0 Å². The molecular weight excluding hydrogens is 222 g/mol. The molecule has 0 N–H and O–H groups in total. The number of aromatic nitrogens is 8. The fourth-order valence-electron chi connectivity index (χ4n) is 1.39. The molecule has 17 heavy (non-hydrogen) atoms. The molecule has 0 aliphatic carbocycles. The predicted octanol–water partition coefficient (Wildman–Crippen LogP) is -1.09. The number of aryl methyl sites for hydroxylation is 1. The Balaban J connectivity index is 2.24. The summed E-state index contributed by atoms with van der Waals surface area (Å²) in [7, 11) is 4.00. The predicted molar refractivity (Wildman–Crippen MR) is 58.9 cm³/mol. The molecule has 2 rings (SSSR count). The summed E-state index contributed by atoms with van der Waals surface area (Å²) < 4.78 is 3.37. The van der Waals surface area contributed by atoms with E-state index in [1.54, 1.807) is 9.36 Å². The van der Waals surface area contributed by atoms with E-state index in [-0.39, 0.29) is 0 Å². The third-order valence-corrected chi connectivity index (χ3v) is 2.32. The summed E-state index contributed by atoms with van der Waals surface area (Å²) in [5, 5.41) is 23.0. The van der Waals surface area contributed by atoms with E-state index in [9.17, 15) is 0 Å². The Morgan fingerprint density at radius 3 is 2.18 bits per heavy atom.